The number of rotatable bonds is 5. The summed E-state index contributed by atoms with van der Waals surface area (Å²) in [4.78, 5) is 13.6. The Hall–Kier alpha value is -1.93. The van der Waals surface area contributed by atoms with Crippen LogP contribution < -0.4 is 5.32 Å². The van der Waals surface area contributed by atoms with E-state index in [4.69, 9.17) is 11.6 Å². The molecule has 0 aliphatic carbocycles. The molecule has 1 heterocycles. The molecule has 0 saturated carbocycles. The second kappa shape index (κ2) is 9.26. The number of carbonyl (C=O) groups is 1. The number of carbonyl (C=O) groups excluding carboxylic acids is 1. The number of amides is 1. The molecular formula is C21H26ClN3O3S. The largest absolute Gasteiger partial charge is 0.325 e. The van der Waals surface area contributed by atoms with E-state index in [9.17, 15) is 13.2 Å². The first-order valence-corrected chi connectivity index (χ1v) is 11.4. The third-order valence-electron chi connectivity index (χ3n) is 4.93. The van der Waals surface area contributed by atoms with Gasteiger partial charge in [0.15, 0.2) is 0 Å². The fourth-order valence-corrected chi connectivity index (χ4v) is 5.30. The highest BCUT2D eigenvalue weighted by Crippen LogP contribution is 2.27. The molecule has 0 radical (unpaired) electrons. The lowest BCUT2D eigenvalue weighted by Gasteiger charge is -2.22. The molecule has 2 aromatic carbocycles. The first-order chi connectivity index (χ1) is 13.8. The van der Waals surface area contributed by atoms with Crippen molar-refractivity contribution in [3.63, 3.8) is 0 Å². The number of halogens is 1. The number of benzene rings is 2. The van der Waals surface area contributed by atoms with E-state index in [-0.39, 0.29) is 15.8 Å². The summed E-state index contributed by atoms with van der Waals surface area (Å²) in [6, 6.07) is 12.8. The third-order valence-corrected chi connectivity index (χ3v) is 7.13. The highest BCUT2D eigenvalue weighted by atomic mass is 35.5. The monoisotopic (exact) mass is 435 g/mol. The lowest BCUT2D eigenvalue weighted by Crippen LogP contribution is -2.35. The van der Waals surface area contributed by atoms with Crippen LogP contribution in [0.15, 0.2) is 47.4 Å². The topological polar surface area (TPSA) is 69.7 Å². The van der Waals surface area contributed by atoms with Crippen LogP contribution in [-0.4, -0.2) is 49.7 Å². The van der Waals surface area contributed by atoms with Gasteiger partial charge in [0.2, 0.25) is 15.9 Å². The van der Waals surface area contributed by atoms with E-state index in [0.29, 0.717) is 25.3 Å². The lowest BCUT2D eigenvalue weighted by molar-refractivity contribution is -0.114. The van der Waals surface area contributed by atoms with E-state index in [0.717, 1.165) is 19.5 Å². The second-order valence-corrected chi connectivity index (χ2v) is 9.69. The molecule has 1 aliphatic rings. The van der Waals surface area contributed by atoms with E-state index in [1.165, 1.54) is 40.6 Å². The zero-order valence-electron chi connectivity index (χ0n) is 16.7. The van der Waals surface area contributed by atoms with Gasteiger partial charge in [-0.2, -0.15) is 4.31 Å². The molecule has 0 aromatic heterocycles. The summed E-state index contributed by atoms with van der Waals surface area (Å²) in [7, 11) is -3.65. The molecular weight excluding hydrogens is 410 g/mol. The number of aryl methyl sites for hydroxylation is 1. The Bertz CT molecular complexity index is 994. The summed E-state index contributed by atoms with van der Waals surface area (Å²) in [6.45, 7) is 6.68. The van der Waals surface area contributed by atoms with Crippen molar-refractivity contribution in [1.82, 2.24) is 9.21 Å². The number of nitrogens with zero attached hydrogens (tertiary/aromatic N) is 2. The van der Waals surface area contributed by atoms with Crippen LogP contribution in [0.25, 0.3) is 0 Å². The lowest BCUT2D eigenvalue weighted by atomic mass is 10.1. The van der Waals surface area contributed by atoms with Gasteiger partial charge in [-0.05, 0) is 43.7 Å². The van der Waals surface area contributed by atoms with E-state index in [1.54, 1.807) is 0 Å². The van der Waals surface area contributed by atoms with E-state index < -0.39 is 10.0 Å². The van der Waals surface area contributed by atoms with Crippen LogP contribution in [0.4, 0.5) is 5.69 Å². The second-order valence-electron chi connectivity index (χ2n) is 7.35. The van der Waals surface area contributed by atoms with Crippen LogP contribution in [0.3, 0.4) is 0 Å². The number of hydrogen-bond acceptors (Lipinski definition) is 4. The van der Waals surface area contributed by atoms with Crippen LogP contribution in [0.2, 0.25) is 5.02 Å². The summed E-state index contributed by atoms with van der Waals surface area (Å²) in [5, 5.41) is 2.79. The molecule has 0 unspecified atom stereocenters. The molecule has 1 aliphatic heterocycles. The predicted molar refractivity (Wildman–Crippen MR) is 116 cm³/mol. The Balaban J connectivity index is 1.70. The van der Waals surface area contributed by atoms with Gasteiger partial charge in [0.1, 0.15) is 0 Å². The molecule has 1 fully saturated rings. The van der Waals surface area contributed by atoms with Crippen LogP contribution in [0.1, 0.15) is 24.5 Å². The van der Waals surface area contributed by atoms with Crippen molar-refractivity contribution in [3.05, 3.63) is 58.6 Å². The van der Waals surface area contributed by atoms with E-state index >= 15 is 0 Å². The standard InChI is InChI=1S/C21H26ClN3O3S/c1-16-5-3-6-18(13-16)15-24-9-4-10-25(12-11-24)29(27,28)19-7-8-21(20(22)14-19)23-17(2)26/h3,5-8,13-14H,4,9-12,15H2,1-2H3,(H,23,26). The van der Waals surface area contributed by atoms with Gasteiger partial charge in [0.25, 0.3) is 0 Å². The van der Waals surface area contributed by atoms with Gasteiger partial charge >= 0.3 is 0 Å². The van der Waals surface area contributed by atoms with Crippen LogP contribution >= 0.6 is 11.6 Å². The van der Waals surface area contributed by atoms with E-state index in [1.807, 2.05) is 6.07 Å². The van der Waals surface area contributed by atoms with Crippen molar-refractivity contribution in [1.29, 1.82) is 0 Å². The highest BCUT2D eigenvalue weighted by molar-refractivity contribution is 7.89. The van der Waals surface area contributed by atoms with Crippen molar-refractivity contribution in [2.45, 2.75) is 31.7 Å². The molecule has 3 rings (SSSR count). The Morgan fingerprint density at radius 2 is 1.90 bits per heavy atom. The zero-order chi connectivity index (χ0) is 21.0. The fraction of sp³-hybridized carbons (Fsp3) is 0.381. The molecule has 0 bridgehead atoms. The quantitative estimate of drug-likeness (QED) is 0.780. The molecule has 1 N–H and O–H groups in total. The van der Waals surface area contributed by atoms with Gasteiger partial charge in [0, 0.05) is 33.1 Å². The Kier molecular flexibility index (Phi) is 6.95. The minimum atomic E-state index is -3.65. The normalized spacial score (nSPS) is 16.4. The molecule has 156 valence electrons. The van der Waals surface area contributed by atoms with Crippen molar-refractivity contribution >= 4 is 33.2 Å². The molecule has 8 heteroatoms. The predicted octanol–water partition coefficient (Wildman–Crippen LogP) is 3.50. The number of nitrogens with one attached hydrogen (secondary N) is 1. The number of anilines is 1. The minimum Gasteiger partial charge on any atom is -0.325 e. The van der Waals surface area contributed by atoms with Crippen molar-refractivity contribution < 1.29 is 13.2 Å². The molecule has 6 nitrogen and oxygen atoms in total. The van der Waals surface area contributed by atoms with Gasteiger partial charge in [-0.1, -0.05) is 41.4 Å². The Morgan fingerprint density at radius 3 is 2.59 bits per heavy atom. The summed E-state index contributed by atoms with van der Waals surface area (Å²) in [5.74, 6) is -0.260. The summed E-state index contributed by atoms with van der Waals surface area (Å²) in [5.41, 5.74) is 2.86. The number of hydrogen-bond donors (Lipinski definition) is 1. The van der Waals surface area contributed by atoms with Crippen molar-refractivity contribution in [3.8, 4) is 0 Å². The molecule has 0 atom stereocenters. The van der Waals surface area contributed by atoms with Crippen molar-refractivity contribution in [2.24, 2.45) is 0 Å². The molecule has 2 aromatic rings. The maximum Gasteiger partial charge on any atom is 0.243 e. The van der Waals surface area contributed by atoms with Gasteiger partial charge < -0.3 is 5.32 Å². The van der Waals surface area contributed by atoms with Gasteiger partial charge in [-0.3, -0.25) is 9.69 Å². The fourth-order valence-electron chi connectivity index (χ4n) is 3.51. The minimum absolute atomic E-state index is 0.142. The first kappa shape index (κ1) is 21.8. The van der Waals surface area contributed by atoms with Crippen LogP contribution in [0, 0.1) is 6.92 Å². The molecule has 1 saturated heterocycles. The maximum absolute atomic E-state index is 13.1. The van der Waals surface area contributed by atoms with Crippen LogP contribution in [0.5, 0.6) is 0 Å². The SMILES string of the molecule is CC(=O)Nc1ccc(S(=O)(=O)N2CCCN(Cc3cccc(C)c3)CC2)cc1Cl. The molecule has 0 spiro atoms. The smallest absolute Gasteiger partial charge is 0.243 e. The van der Waals surface area contributed by atoms with Gasteiger partial charge in [-0.25, -0.2) is 8.42 Å². The van der Waals surface area contributed by atoms with E-state index in [2.05, 4.69) is 35.3 Å². The Labute approximate surface area is 177 Å². The maximum atomic E-state index is 13.1. The first-order valence-electron chi connectivity index (χ1n) is 9.61. The molecule has 1 amide bonds. The summed E-state index contributed by atoms with van der Waals surface area (Å²) < 4.78 is 27.7. The number of sulfonamides is 1. The summed E-state index contributed by atoms with van der Waals surface area (Å²) in [6.07, 6.45) is 0.767. The third kappa shape index (κ3) is 5.57. The molecule has 29 heavy (non-hydrogen) atoms. The zero-order valence-corrected chi connectivity index (χ0v) is 18.3. The average molecular weight is 436 g/mol. The van der Waals surface area contributed by atoms with Crippen molar-refractivity contribution in [2.75, 3.05) is 31.5 Å². The Morgan fingerprint density at radius 1 is 1.10 bits per heavy atom. The summed E-state index contributed by atoms with van der Waals surface area (Å²) >= 11 is 6.17. The average Bonchev–Trinajstić information content (AvgIpc) is 2.89. The highest BCUT2D eigenvalue weighted by Gasteiger charge is 2.27. The van der Waals surface area contributed by atoms with Gasteiger partial charge in [0.05, 0.1) is 15.6 Å². The van der Waals surface area contributed by atoms with Gasteiger partial charge in [-0.15, -0.1) is 0 Å². The van der Waals surface area contributed by atoms with Crippen LogP contribution in [-0.2, 0) is 21.4 Å².